The number of hydrogen-bond donors (Lipinski definition) is 0. The maximum atomic E-state index is 4.19. The molecule has 1 aliphatic heterocycles. The van der Waals surface area contributed by atoms with Gasteiger partial charge < -0.3 is 0 Å². The molecule has 0 radical (unpaired) electrons. The molecule has 1 saturated heterocycles. The molecule has 1 aliphatic rings. The molecule has 0 N–H and O–H groups in total. The van der Waals surface area contributed by atoms with E-state index in [1.54, 1.807) is 0 Å². The van der Waals surface area contributed by atoms with Crippen LogP contribution in [0.15, 0.2) is 12.2 Å². The third-order valence-electron chi connectivity index (χ3n) is 4.77. The average molecular weight is 200 g/mol. The Kier molecular flexibility index (Phi) is 2.45. The van der Waals surface area contributed by atoms with E-state index in [-0.39, 0.29) is 0 Å². The average Bonchev–Trinajstić information content (AvgIpc) is 1.80. The summed E-state index contributed by atoms with van der Waals surface area (Å²) < 4.78 is 0. The van der Waals surface area contributed by atoms with E-state index >= 15 is 0 Å². The van der Waals surface area contributed by atoms with Crippen LogP contribution in [0.1, 0.15) is 40.5 Å². The first-order valence-corrected chi connectivity index (χ1v) is 8.27. The maximum absolute atomic E-state index is 4.19. The van der Waals surface area contributed by atoms with Crippen LogP contribution >= 0.6 is 7.26 Å². The molecule has 0 aromatic heterocycles. The molecule has 13 heavy (non-hydrogen) atoms. The molecule has 0 nitrogen and oxygen atoms in total. The van der Waals surface area contributed by atoms with Gasteiger partial charge in [0.2, 0.25) is 0 Å². The fourth-order valence-electron chi connectivity index (χ4n) is 2.67. The Labute approximate surface area is 84.1 Å². The van der Waals surface area contributed by atoms with Gasteiger partial charge in [0, 0.05) is 0 Å². The molecular weight excluding hydrogens is 175 g/mol. The van der Waals surface area contributed by atoms with Crippen LogP contribution in [-0.4, -0.2) is 23.6 Å². The first-order chi connectivity index (χ1) is 5.60. The topological polar surface area (TPSA) is 0 Å². The molecule has 0 aromatic carbocycles. The first kappa shape index (κ1) is 11.2. The van der Waals surface area contributed by atoms with Crippen molar-refractivity contribution in [1.82, 2.24) is 0 Å². The van der Waals surface area contributed by atoms with E-state index in [0.717, 1.165) is 0 Å². The van der Waals surface area contributed by atoms with Gasteiger partial charge in [0.25, 0.3) is 0 Å². The normalized spacial score (nSPS) is 32.6. The van der Waals surface area contributed by atoms with Crippen molar-refractivity contribution in [2.75, 3.05) is 13.3 Å². The summed E-state index contributed by atoms with van der Waals surface area (Å²) in [5.74, 6) is 0. The van der Waals surface area contributed by atoms with Crippen LogP contribution in [0.4, 0.5) is 0 Å². The zero-order chi connectivity index (χ0) is 10.5. The van der Waals surface area contributed by atoms with Gasteiger partial charge in [-0.25, -0.2) is 0 Å². The quantitative estimate of drug-likeness (QED) is 0.411. The van der Waals surface area contributed by atoms with E-state index in [9.17, 15) is 0 Å². The Hall–Kier alpha value is 0.170. The summed E-state index contributed by atoms with van der Waals surface area (Å²) in [6.45, 7) is 19.0. The van der Waals surface area contributed by atoms with Crippen molar-refractivity contribution in [3.05, 3.63) is 12.2 Å². The van der Waals surface area contributed by atoms with Crippen molar-refractivity contribution in [2.24, 2.45) is 0 Å². The molecule has 1 fully saturated rings. The standard InChI is InChI=1S/C12H25P/c1-10-8-11(2,3)13(6,7)12(4,5)9-10/h13H,1,8-9H2,2-7H3. The molecular formula is C12H25P. The molecule has 1 heterocycles. The molecule has 0 unspecified atom stereocenters. The molecule has 0 aromatic rings. The van der Waals surface area contributed by atoms with Gasteiger partial charge in [0.15, 0.2) is 0 Å². The van der Waals surface area contributed by atoms with E-state index in [1.165, 1.54) is 18.4 Å². The fourth-order valence-corrected chi connectivity index (χ4v) is 5.89. The monoisotopic (exact) mass is 200 g/mol. The second kappa shape index (κ2) is 2.83. The molecule has 1 rings (SSSR count). The predicted octanol–water partition coefficient (Wildman–Crippen LogP) is 3.90. The summed E-state index contributed by atoms with van der Waals surface area (Å²) in [6.07, 6.45) is 2.49. The molecule has 1 heteroatoms. The van der Waals surface area contributed by atoms with E-state index in [2.05, 4.69) is 47.6 Å². The van der Waals surface area contributed by atoms with E-state index in [1.807, 2.05) is 0 Å². The van der Waals surface area contributed by atoms with Gasteiger partial charge in [0.05, 0.1) is 0 Å². The van der Waals surface area contributed by atoms with E-state index < -0.39 is 7.26 Å². The van der Waals surface area contributed by atoms with E-state index in [0.29, 0.717) is 10.3 Å². The summed E-state index contributed by atoms with van der Waals surface area (Å²) in [5.41, 5.74) is 1.46. The summed E-state index contributed by atoms with van der Waals surface area (Å²) in [7, 11) is -1.15. The van der Waals surface area contributed by atoms with Gasteiger partial charge in [-0.05, 0) is 0 Å². The van der Waals surface area contributed by atoms with Crippen molar-refractivity contribution in [1.29, 1.82) is 0 Å². The van der Waals surface area contributed by atoms with E-state index in [4.69, 9.17) is 0 Å². The van der Waals surface area contributed by atoms with Crippen LogP contribution in [0.25, 0.3) is 0 Å². The zero-order valence-corrected chi connectivity index (χ0v) is 11.1. The van der Waals surface area contributed by atoms with Crippen LogP contribution < -0.4 is 0 Å². The van der Waals surface area contributed by atoms with Crippen LogP contribution in [0, 0.1) is 0 Å². The first-order valence-electron chi connectivity index (χ1n) is 5.27. The minimum atomic E-state index is -1.15. The Morgan fingerprint density at radius 1 is 1.00 bits per heavy atom. The van der Waals surface area contributed by atoms with Gasteiger partial charge in [-0.3, -0.25) is 0 Å². The Morgan fingerprint density at radius 2 is 1.31 bits per heavy atom. The van der Waals surface area contributed by atoms with Gasteiger partial charge in [-0.2, -0.15) is 0 Å². The van der Waals surface area contributed by atoms with Gasteiger partial charge in [0.1, 0.15) is 0 Å². The molecule has 0 bridgehead atoms. The van der Waals surface area contributed by atoms with Crippen LogP contribution in [-0.2, 0) is 0 Å². The second-order valence-electron chi connectivity index (χ2n) is 6.50. The molecule has 0 aliphatic carbocycles. The van der Waals surface area contributed by atoms with Crippen LogP contribution in [0.3, 0.4) is 0 Å². The molecule has 0 atom stereocenters. The summed E-state index contributed by atoms with van der Waals surface area (Å²) in [5, 5.41) is 1.04. The number of rotatable bonds is 0. The van der Waals surface area contributed by atoms with Crippen molar-refractivity contribution in [2.45, 2.75) is 50.8 Å². The van der Waals surface area contributed by atoms with Gasteiger partial charge in [-0.15, -0.1) is 0 Å². The predicted molar refractivity (Wildman–Crippen MR) is 66.7 cm³/mol. The fraction of sp³-hybridized carbons (Fsp3) is 0.833. The molecule has 0 spiro atoms. The van der Waals surface area contributed by atoms with Crippen LogP contribution in [0.5, 0.6) is 0 Å². The molecule has 78 valence electrons. The Bertz CT molecular complexity index is 212. The SMILES string of the molecule is C=C1CC(C)(C)[PH](C)(C)C(C)(C)C1. The van der Waals surface area contributed by atoms with Crippen molar-refractivity contribution < 1.29 is 0 Å². The minimum absolute atomic E-state index is 0.520. The third kappa shape index (κ3) is 1.59. The van der Waals surface area contributed by atoms with Crippen LogP contribution in [0.2, 0.25) is 0 Å². The molecule has 0 amide bonds. The van der Waals surface area contributed by atoms with Gasteiger partial charge >= 0.3 is 83.6 Å². The summed E-state index contributed by atoms with van der Waals surface area (Å²) in [6, 6.07) is 0. The molecule has 0 saturated carbocycles. The van der Waals surface area contributed by atoms with Gasteiger partial charge in [-0.1, -0.05) is 0 Å². The summed E-state index contributed by atoms with van der Waals surface area (Å²) >= 11 is 0. The second-order valence-corrected chi connectivity index (χ2v) is 12.5. The van der Waals surface area contributed by atoms with Crippen molar-refractivity contribution in [3.8, 4) is 0 Å². The Balaban J connectivity index is 3.10. The van der Waals surface area contributed by atoms with Crippen molar-refractivity contribution >= 4 is 7.26 Å². The Morgan fingerprint density at radius 3 is 1.62 bits per heavy atom. The summed E-state index contributed by atoms with van der Waals surface area (Å²) in [4.78, 5) is 0. The third-order valence-corrected chi connectivity index (χ3v) is 11.9. The number of hydrogen-bond acceptors (Lipinski definition) is 0. The zero-order valence-electron chi connectivity index (χ0n) is 10.1. The van der Waals surface area contributed by atoms with Crippen molar-refractivity contribution in [3.63, 3.8) is 0 Å². The number of allylic oxidation sites excluding steroid dienone is 1.